The quantitative estimate of drug-likeness (QED) is 0.625. The van der Waals surface area contributed by atoms with E-state index < -0.39 is 0 Å². The smallest absolute Gasteiger partial charge is 0.226 e. The molecule has 0 radical (unpaired) electrons. The first kappa shape index (κ1) is 15.4. The van der Waals surface area contributed by atoms with Crippen LogP contribution >= 0.6 is 11.8 Å². The molecule has 3 aromatic rings. The molecule has 1 aromatic carbocycles. The second-order valence-corrected chi connectivity index (χ2v) is 6.74. The second kappa shape index (κ2) is 6.39. The number of hydrogen-bond donors (Lipinski definition) is 0. The number of hydrogen-bond acceptors (Lipinski definition) is 5. The summed E-state index contributed by atoms with van der Waals surface area (Å²) in [5, 5.41) is 9.57. The Balaban J connectivity index is 1.46. The lowest BCUT2D eigenvalue weighted by atomic mass is 10.2. The number of thioether (sulfide) groups is 1. The van der Waals surface area contributed by atoms with Crippen molar-refractivity contribution in [1.82, 2.24) is 19.7 Å². The molecule has 0 aliphatic heterocycles. The molecule has 0 unspecified atom stereocenters. The highest BCUT2D eigenvalue weighted by molar-refractivity contribution is 7.98. The summed E-state index contributed by atoms with van der Waals surface area (Å²) in [5.74, 6) is 2.58. The Hall–Kier alpha value is -2.15. The number of rotatable bonds is 6. The van der Waals surface area contributed by atoms with E-state index in [1.165, 1.54) is 25.0 Å². The normalized spacial score (nSPS) is 14.2. The SMILES string of the molecule is CCn1c(SCc2coc(-c3ccc(F)cc3)n2)nnc1C1CC1. The molecule has 5 nitrogen and oxygen atoms in total. The van der Waals surface area contributed by atoms with Gasteiger partial charge in [-0.15, -0.1) is 10.2 Å². The number of aromatic nitrogens is 4. The zero-order valence-corrected chi connectivity index (χ0v) is 14.1. The average molecular weight is 344 g/mol. The van der Waals surface area contributed by atoms with Crippen molar-refractivity contribution in [3.63, 3.8) is 0 Å². The van der Waals surface area contributed by atoms with E-state index in [4.69, 9.17) is 4.42 Å². The molecule has 0 atom stereocenters. The van der Waals surface area contributed by atoms with E-state index in [0.717, 1.165) is 28.8 Å². The molecule has 4 rings (SSSR count). The van der Waals surface area contributed by atoms with Crippen LogP contribution in [0.1, 0.15) is 37.2 Å². The van der Waals surface area contributed by atoms with Gasteiger partial charge >= 0.3 is 0 Å². The Labute approximate surface area is 143 Å². The van der Waals surface area contributed by atoms with Crippen molar-refractivity contribution >= 4 is 11.8 Å². The maximum atomic E-state index is 13.0. The Bertz CT molecular complexity index is 839. The highest BCUT2D eigenvalue weighted by Gasteiger charge is 2.30. The first-order chi connectivity index (χ1) is 11.7. The Morgan fingerprint density at radius 3 is 2.75 bits per heavy atom. The molecule has 2 aromatic heterocycles. The lowest BCUT2D eigenvalue weighted by Gasteiger charge is -2.05. The van der Waals surface area contributed by atoms with Gasteiger partial charge in [0, 0.05) is 23.8 Å². The Kier molecular flexibility index (Phi) is 4.10. The van der Waals surface area contributed by atoms with E-state index in [2.05, 4.69) is 26.7 Å². The van der Waals surface area contributed by atoms with Crippen molar-refractivity contribution in [2.24, 2.45) is 0 Å². The molecular formula is C17H17FN4OS. The average Bonchev–Trinajstić information content (AvgIpc) is 3.19. The van der Waals surface area contributed by atoms with Crippen molar-refractivity contribution < 1.29 is 8.81 Å². The topological polar surface area (TPSA) is 56.7 Å². The van der Waals surface area contributed by atoms with E-state index in [-0.39, 0.29) is 5.82 Å². The molecule has 1 saturated carbocycles. The summed E-state index contributed by atoms with van der Waals surface area (Å²) in [7, 11) is 0. The van der Waals surface area contributed by atoms with Crippen LogP contribution in [-0.2, 0) is 12.3 Å². The summed E-state index contributed by atoms with van der Waals surface area (Å²) >= 11 is 1.61. The van der Waals surface area contributed by atoms with Gasteiger partial charge < -0.3 is 8.98 Å². The van der Waals surface area contributed by atoms with E-state index in [9.17, 15) is 4.39 Å². The fraction of sp³-hybridized carbons (Fsp3) is 0.353. The Morgan fingerprint density at radius 1 is 1.25 bits per heavy atom. The van der Waals surface area contributed by atoms with Gasteiger partial charge in [0.15, 0.2) is 5.16 Å². The highest BCUT2D eigenvalue weighted by atomic mass is 32.2. The molecule has 7 heteroatoms. The van der Waals surface area contributed by atoms with Crippen molar-refractivity contribution in [2.45, 2.75) is 43.1 Å². The molecule has 1 aliphatic carbocycles. The van der Waals surface area contributed by atoms with Crippen LogP contribution in [0.5, 0.6) is 0 Å². The third-order valence-corrected chi connectivity index (χ3v) is 5.00. The Morgan fingerprint density at radius 2 is 2.04 bits per heavy atom. The van der Waals surface area contributed by atoms with Crippen molar-refractivity contribution in [2.75, 3.05) is 0 Å². The molecule has 124 valence electrons. The summed E-state index contributed by atoms with van der Waals surface area (Å²) in [5.41, 5.74) is 1.60. The van der Waals surface area contributed by atoms with Gasteiger partial charge in [-0.3, -0.25) is 0 Å². The van der Waals surface area contributed by atoms with Crippen LogP contribution in [0.25, 0.3) is 11.5 Å². The molecule has 0 spiro atoms. The predicted molar refractivity (Wildman–Crippen MR) is 89.1 cm³/mol. The number of nitrogens with zero attached hydrogens (tertiary/aromatic N) is 4. The van der Waals surface area contributed by atoms with E-state index in [1.54, 1.807) is 30.2 Å². The maximum Gasteiger partial charge on any atom is 0.226 e. The zero-order chi connectivity index (χ0) is 16.5. The maximum absolute atomic E-state index is 13.0. The van der Waals surface area contributed by atoms with Gasteiger partial charge in [-0.1, -0.05) is 11.8 Å². The lowest BCUT2D eigenvalue weighted by molar-refractivity contribution is 0.572. The summed E-state index contributed by atoms with van der Waals surface area (Å²) < 4.78 is 20.7. The molecule has 24 heavy (non-hydrogen) atoms. The number of halogens is 1. The van der Waals surface area contributed by atoms with Gasteiger partial charge in [0.2, 0.25) is 5.89 Å². The molecule has 2 heterocycles. The van der Waals surface area contributed by atoms with Crippen molar-refractivity contribution in [3.05, 3.63) is 47.9 Å². The third kappa shape index (κ3) is 3.08. The molecule has 1 aliphatic rings. The fourth-order valence-corrected chi connectivity index (χ4v) is 3.47. The van der Waals surface area contributed by atoms with Gasteiger partial charge in [-0.2, -0.15) is 0 Å². The molecular weight excluding hydrogens is 327 g/mol. The van der Waals surface area contributed by atoms with Gasteiger partial charge in [0.25, 0.3) is 0 Å². The van der Waals surface area contributed by atoms with Gasteiger partial charge in [0.1, 0.15) is 17.9 Å². The van der Waals surface area contributed by atoms with Crippen LogP contribution in [0.3, 0.4) is 0 Å². The van der Waals surface area contributed by atoms with Gasteiger partial charge in [-0.05, 0) is 44.0 Å². The summed E-state index contributed by atoms with van der Waals surface area (Å²) in [4.78, 5) is 4.47. The summed E-state index contributed by atoms with van der Waals surface area (Å²) in [6.07, 6.45) is 4.07. The van der Waals surface area contributed by atoms with E-state index >= 15 is 0 Å². The highest BCUT2D eigenvalue weighted by Crippen LogP contribution is 2.40. The van der Waals surface area contributed by atoms with Crippen molar-refractivity contribution in [1.29, 1.82) is 0 Å². The van der Waals surface area contributed by atoms with Crippen LogP contribution in [0.4, 0.5) is 4.39 Å². The minimum Gasteiger partial charge on any atom is -0.444 e. The van der Waals surface area contributed by atoms with Gasteiger partial charge in [-0.25, -0.2) is 9.37 Å². The van der Waals surface area contributed by atoms with E-state index in [1.807, 2.05) is 0 Å². The van der Waals surface area contributed by atoms with Crippen LogP contribution in [0.2, 0.25) is 0 Å². The van der Waals surface area contributed by atoms with Crippen LogP contribution < -0.4 is 0 Å². The molecule has 0 saturated heterocycles. The lowest BCUT2D eigenvalue weighted by Crippen LogP contribution is -2.02. The predicted octanol–water partition coefficient (Wildman–Crippen LogP) is 4.26. The largest absolute Gasteiger partial charge is 0.444 e. The van der Waals surface area contributed by atoms with E-state index in [0.29, 0.717) is 17.6 Å². The van der Waals surface area contributed by atoms with Crippen LogP contribution in [-0.4, -0.2) is 19.7 Å². The molecule has 1 fully saturated rings. The third-order valence-electron chi connectivity index (χ3n) is 4.00. The summed E-state index contributed by atoms with van der Waals surface area (Å²) in [6, 6.07) is 6.12. The van der Waals surface area contributed by atoms with Crippen LogP contribution in [0.15, 0.2) is 40.1 Å². The molecule has 0 amide bonds. The number of oxazole rings is 1. The minimum absolute atomic E-state index is 0.272. The second-order valence-electron chi connectivity index (χ2n) is 5.80. The zero-order valence-electron chi connectivity index (χ0n) is 13.3. The monoisotopic (exact) mass is 344 g/mol. The first-order valence-corrected chi connectivity index (χ1v) is 8.99. The summed E-state index contributed by atoms with van der Waals surface area (Å²) in [6.45, 7) is 2.99. The molecule has 0 N–H and O–H groups in total. The number of benzene rings is 1. The fourth-order valence-electron chi connectivity index (χ4n) is 2.58. The van der Waals surface area contributed by atoms with Crippen LogP contribution in [0, 0.1) is 5.82 Å². The minimum atomic E-state index is -0.272. The standard InChI is InChI=1S/C17H17FN4OS/c1-2-22-15(11-3-4-11)20-21-17(22)24-10-14-9-23-16(19-14)12-5-7-13(18)8-6-12/h5-9,11H,2-4,10H2,1H3. The van der Waals surface area contributed by atoms with Gasteiger partial charge in [0.05, 0.1) is 5.69 Å². The molecule has 0 bridgehead atoms. The first-order valence-electron chi connectivity index (χ1n) is 8.01. The van der Waals surface area contributed by atoms with Crippen molar-refractivity contribution in [3.8, 4) is 11.5 Å².